The fourth-order valence-electron chi connectivity index (χ4n) is 0.919. The first kappa shape index (κ1) is 10.4. The lowest BCUT2D eigenvalue weighted by Crippen LogP contribution is -2.27. The van der Waals surface area contributed by atoms with Crippen molar-refractivity contribution >= 4 is 8.53 Å². The third-order valence-electron chi connectivity index (χ3n) is 1.85. The molecule has 0 bridgehead atoms. The van der Waals surface area contributed by atoms with E-state index in [1.807, 2.05) is 18.8 Å². The van der Waals surface area contributed by atoms with E-state index in [2.05, 4.69) is 20.8 Å². The molecule has 1 heterocycles. The van der Waals surface area contributed by atoms with Crippen LogP contribution in [0.25, 0.3) is 0 Å². The summed E-state index contributed by atoms with van der Waals surface area (Å²) >= 11 is 0. The molecule has 0 amide bonds. The molecule has 1 fully saturated rings. The Kier molecular flexibility index (Phi) is 3.11. The lowest BCUT2D eigenvalue weighted by molar-refractivity contribution is 0.109. The van der Waals surface area contributed by atoms with Gasteiger partial charge in [-0.3, -0.25) is 0 Å². The molecule has 0 N–H and O–H groups in total. The molecule has 3 nitrogen and oxygen atoms in total. The van der Waals surface area contributed by atoms with Gasteiger partial charge < -0.3 is 9.05 Å². The Morgan fingerprint density at radius 1 is 1.33 bits per heavy atom. The molecule has 0 aromatic heterocycles. The van der Waals surface area contributed by atoms with E-state index in [0.29, 0.717) is 0 Å². The zero-order valence-corrected chi connectivity index (χ0v) is 9.39. The first-order valence-electron chi connectivity index (χ1n) is 4.18. The van der Waals surface area contributed by atoms with Crippen LogP contribution in [0.2, 0.25) is 0 Å². The summed E-state index contributed by atoms with van der Waals surface area (Å²) in [6.07, 6.45) is 0.242. The predicted octanol–water partition coefficient (Wildman–Crippen LogP) is 2.24. The van der Waals surface area contributed by atoms with E-state index in [1.54, 1.807) is 0 Å². The lowest BCUT2D eigenvalue weighted by Gasteiger charge is -2.25. The first-order chi connectivity index (χ1) is 5.41. The Hall–Kier alpha value is 0.310. The Morgan fingerprint density at radius 2 is 1.92 bits per heavy atom. The van der Waals surface area contributed by atoms with E-state index >= 15 is 0 Å². The van der Waals surface area contributed by atoms with Gasteiger partial charge in [0.25, 0.3) is 8.53 Å². The van der Waals surface area contributed by atoms with Crippen molar-refractivity contribution in [3.8, 4) is 0 Å². The Morgan fingerprint density at radius 3 is 2.17 bits per heavy atom. The SMILES string of the molecule is CN(C)[P@@]1OC[C@H](C(C)(C)C)O1. The van der Waals surface area contributed by atoms with Gasteiger partial charge in [-0.2, -0.15) is 0 Å². The van der Waals surface area contributed by atoms with Crippen LogP contribution in [0, 0.1) is 5.41 Å². The molecule has 0 unspecified atom stereocenters. The van der Waals surface area contributed by atoms with E-state index < -0.39 is 8.53 Å². The summed E-state index contributed by atoms with van der Waals surface area (Å²) < 4.78 is 13.3. The summed E-state index contributed by atoms with van der Waals surface area (Å²) in [6.45, 7) is 7.26. The van der Waals surface area contributed by atoms with Crippen molar-refractivity contribution in [1.29, 1.82) is 0 Å². The van der Waals surface area contributed by atoms with Crippen LogP contribution in [0.1, 0.15) is 20.8 Å². The van der Waals surface area contributed by atoms with E-state index in [9.17, 15) is 0 Å². The van der Waals surface area contributed by atoms with E-state index in [1.165, 1.54) is 0 Å². The largest absolute Gasteiger partial charge is 0.319 e. The molecule has 0 radical (unpaired) electrons. The molecule has 0 aromatic carbocycles. The summed E-state index contributed by atoms with van der Waals surface area (Å²) in [5, 5.41) is 0. The molecule has 0 spiro atoms. The van der Waals surface area contributed by atoms with Crippen LogP contribution in [0.4, 0.5) is 0 Å². The number of rotatable bonds is 1. The minimum absolute atomic E-state index is 0.188. The normalized spacial score (nSPS) is 31.5. The predicted molar refractivity (Wildman–Crippen MR) is 50.9 cm³/mol. The molecule has 72 valence electrons. The summed E-state index contributed by atoms with van der Waals surface area (Å²) in [5.74, 6) is 0. The van der Waals surface area contributed by atoms with E-state index in [-0.39, 0.29) is 11.5 Å². The monoisotopic (exact) mass is 191 g/mol. The zero-order chi connectivity index (χ0) is 9.35. The van der Waals surface area contributed by atoms with Gasteiger partial charge >= 0.3 is 0 Å². The second-order valence-electron chi connectivity index (χ2n) is 4.34. The van der Waals surface area contributed by atoms with Crippen LogP contribution in [-0.2, 0) is 9.05 Å². The maximum absolute atomic E-state index is 5.76. The molecular formula is C8H18NO2P. The van der Waals surface area contributed by atoms with Gasteiger partial charge in [0.05, 0.1) is 12.7 Å². The van der Waals surface area contributed by atoms with Crippen LogP contribution in [0.3, 0.4) is 0 Å². The van der Waals surface area contributed by atoms with Gasteiger partial charge in [0, 0.05) is 0 Å². The quantitative estimate of drug-likeness (QED) is 0.593. The highest BCUT2D eigenvalue weighted by Crippen LogP contribution is 2.50. The lowest BCUT2D eigenvalue weighted by atomic mass is 9.90. The molecule has 4 heteroatoms. The van der Waals surface area contributed by atoms with Crippen molar-refractivity contribution in [2.45, 2.75) is 26.9 Å². The molecular weight excluding hydrogens is 173 g/mol. The molecule has 1 aliphatic rings. The number of nitrogens with zero attached hydrogens (tertiary/aromatic N) is 1. The van der Waals surface area contributed by atoms with Crippen molar-refractivity contribution in [3.63, 3.8) is 0 Å². The average Bonchev–Trinajstić information content (AvgIpc) is 2.30. The topological polar surface area (TPSA) is 21.7 Å². The highest BCUT2D eigenvalue weighted by Gasteiger charge is 2.36. The third kappa shape index (κ3) is 2.40. The van der Waals surface area contributed by atoms with Crippen molar-refractivity contribution in [2.75, 3.05) is 20.7 Å². The van der Waals surface area contributed by atoms with Gasteiger partial charge in [-0.25, -0.2) is 4.67 Å². The molecule has 12 heavy (non-hydrogen) atoms. The molecule has 1 aliphatic heterocycles. The Balaban J connectivity index is 2.46. The van der Waals surface area contributed by atoms with Gasteiger partial charge in [0.15, 0.2) is 0 Å². The smallest absolute Gasteiger partial charge is 0.258 e. The van der Waals surface area contributed by atoms with Gasteiger partial charge in [0.2, 0.25) is 0 Å². The van der Waals surface area contributed by atoms with Crippen molar-refractivity contribution in [3.05, 3.63) is 0 Å². The van der Waals surface area contributed by atoms with Crippen LogP contribution in [0.15, 0.2) is 0 Å². The first-order valence-corrected chi connectivity index (χ1v) is 5.31. The van der Waals surface area contributed by atoms with Crippen molar-refractivity contribution in [2.24, 2.45) is 5.41 Å². The van der Waals surface area contributed by atoms with E-state index in [0.717, 1.165) is 6.61 Å². The van der Waals surface area contributed by atoms with Gasteiger partial charge in [-0.1, -0.05) is 20.8 Å². The van der Waals surface area contributed by atoms with E-state index in [4.69, 9.17) is 9.05 Å². The number of hydrogen-bond acceptors (Lipinski definition) is 3. The van der Waals surface area contributed by atoms with Crippen LogP contribution in [-0.4, -0.2) is 31.5 Å². The fraction of sp³-hybridized carbons (Fsp3) is 1.00. The molecule has 1 rings (SSSR count). The Bertz CT molecular complexity index is 156. The minimum atomic E-state index is -0.774. The van der Waals surface area contributed by atoms with Gasteiger partial charge in [0.1, 0.15) is 0 Å². The minimum Gasteiger partial charge on any atom is -0.319 e. The number of hydrogen-bond donors (Lipinski definition) is 0. The summed E-state index contributed by atoms with van der Waals surface area (Å²) in [6, 6.07) is 0. The standard InChI is InChI=1S/C8H18NO2P/c1-8(2,3)7-6-10-12(11-7)9(4)5/h7H,6H2,1-5H3/t7-,12+/m1/s1. The summed E-state index contributed by atoms with van der Waals surface area (Å²) in [4.78, 5) is 0. The second kappa shape index (κ2) is 3.59. The average molecular weight is 191 g/mol. The zero-order valence-electron chi connectivity index (χ0n) is 8.50. The third-order valence-corrected chi connectivity index (χ3v) is 3.30. The molecule has 2 atom stereocenters. The highest BCUT2D eigenvalue weighted by atomic mass is 31.2. The van der Waals surface area contributed by atoms with Crippen LogP contribution in [0.5, 0.6) is 0 Å². The van der Waals surface area contributed by atoms with Crippen molar-refractivity contribution in [1.82, 2.24) is 4.67 Å². The Labute approximate surface area is 76.0 Å². The second-order valence-corrected chi connectivity index (χ2v) is 6.09. The summed E-state index contributed by atoms with van der Waals surface area (Å²) in [7, 11) is 3.19. The fourth-order valence-corrected chi connectivity index (χ4v) is 2.26. The van der Waals surface area contributed by atoms with Gasteiger partial charge in [-0.05, 0) is 19.5 Å². The maximum Gasteiger partial charge on any atom is 0.258 e. The maximum atomic E-state index is 5.76. The van der Waals surface area contributed by atoms with Crippen LogP contribution >= 0.6 is 8.53 Å². The van der Waals surface area contributed by atoms with Gasteiger partial charge in [-0.15, -0.1) is 0 Å². The molecule has 0 saturated carbocycles. The molecule has 1 saturated heterocycles. The molecule has 0 aliphatic carbocycles. The summed E-state index contributed by atoms with van der Waals surface area (Å²) in [5.41, 5.74) is 0.188. The highest BCUT2D eigenvalue weighted by molar-refractivity contribution is 7.44. The van der Waals surface area contributed by atoms with Crippen LogP contribution < -0.4 is 0 Å². The molecule has 0 aromatic rings. The van der Waals surface area contributed by atoms with Crippen molar-refractivity contribution < 1.29 is 9.05 Å².